The van der Waals surface area contributed by atoms with Gasteiger partial charge in [-0.1, -0.05) is 22.0 Å². The van der Waals surface area contributed by atoms with Gasteiger partial charge >= 0.3 is 6.03 Å². The van der Waals surface area contributed by atoms with Crippen molar-refractivity contribution in [3.8, 4) is 5.75 Å². The number of aryl methyl sites for hydroxylation is 2. The molecule has 0 bridgehead atoms. The van der Waals surface area contributed by atoms with Gasteiger partial charge in [0.1, 0.15) is 12.4 Å². The van der Waals surface area contributed by atoms with Gasteiger partial charge in [-0.05, 0) is 61.4 Å². The summed E-state index contributed by atoms with van der Waals surface area (Å²) in [5.41, 5.74) is 3.17. The van der Waals surface area contributed by atoms with E-state index in [1.165, 1.54) is 11.1 Å². The van der Waals surface area contributed by atoms with E-state index in [2.05, 4.69) is 33.5 Å². The number of amides is 2. The van der Waals surface area contributed by atoms with Gasteiger partial charge in [0.05, 0.1) is 6.54 Å². The molecule has 0 fully saturated rings. The Kier molecular flexibility index (Phi) is 5.83. The van der Waals surface area contributed by atoms with E-state index in [1.807, 2.05) is 49.4 Å². The van der Waals surface area contributed by atoms with Crippen LogP contribution in [0.25, 0.3) is 0 Å². The smallest absolute Gasteiger partial charge is 0.319 e. The quantitative estimate of drug-likeness (QED) is 0.780. The van der Waals surface area contributed by atoms with Gasteiger partial charge in [0.15, 0.2) is 0 Å². The Hall–Kier alpha value is -2.01. The molecule has 0 aliphatic rings. The van der Waals surface area contributed by atoms with Crippen LogP contribution in [0.2, 0.25) is 0 Å². The Morgan fingerprint density at radius 1 is 1.09 bits per heavy atom. The molecule has 0 saturated heterocycles. The number of ether oxygens (including phenoxy) is 1. The Morgan fingerprint density at radius 2 is 1.82 bits per heavy atom. The molecule has 5 heteroatoms. The summed E-state index contributed by atoms with van der Waals surface area (Å²) in [7, 11) is 0. The molecule has 0 aliphatic heterocycles. The molecule has 22 heavy (non-hydrogen) atoms. The van der Waals surface area contributed by atoms with Crippen molar-refractivity contribution in [1.29, 1.82) is 0 Å². The Morgan fingerprint density at radius 3 is 2.50 bits per heavy atom. The summed E-state index contributed by atoms with van der Waals surface area (Å²) in [6.07, 6.45) is 0. The first-order chi connectivity index (χ1) is 10.5. The third-order valence-electron chi connectivity index (χ3n) is 3.24. The van der Waals surface area contributed by atoms with Crippen molar-refractivity contribution in [3.63, 3.8) is 0 Å². The summed E-state index contributed by atoms with van der Waals surface area (Å²) >= 11 is 3.35. The van der Waals surface area contributed by atoms with Crippen LogP contribution in [0, 0.1) is 13.8 Å². The van der Waals surface area contributed by atoms with Crippen LogP contribution in [-0.2, 0) is 0 Å². The highest BCUT2D eigenvalue weighted by atomic mass is 79.9. The highest BCUT2D eigenvalue weighted by Gasteiger charge is 2.01. The van der Waals surface area contributed by atoms with Crippen molar-refractivity contribution in [1.82, 2.24) is 5.32 Å². The molecular weight excluding hydrogens is 344 g/mol. The number of rotatable bonds is 5. The van der Waals surface area contributed by atoms with Gasteiger partial charge in [-0.15, -0.1) is 0 Å². The summed E-state index contributed by atoms with van der Waals surface area (Å²) in [5.74, 6) is 0.818. The van der Waals surface area contributed by atoms with Gasteiger partial charge < -0.3 is 15.4 Å². The lowest BCUT2D eigenvalue weighted by Gasteiger charge is -2.10. The molecule has 116 valence electrons. The molecule has 2 aromatic rings. The predicted molar refractivity (Wildman–Crippen MR) is 92.6 cm³/mol. The van der Waals surface area contributed by atoms with Crippen molar-refractivity contribution in [2.75, 3.05) is 18.5 Å². The summed E-state index contributed by atoms with van der Waals surface area (Å²) in [5, 5.41) is 5.51. The van der Waals surface area contributed by atoms with E-state index >= 15 is 0 Å². The molecule has 0 atom stereocenters. The van der Waals surface area contributed by atoms with E-state index in [0.717, 1.165) is 15.9 Å². The van der Waals surface area contributed by atoms with E-state index in [4.69, 9.17) is 4.74 Å². The summed E-state index contributed by atoms with van der Waals surface area (Å²) in [4.78, 5) is 11.7. The average molecular weight is 363 g/mol. The minimum atomic E-state index is -0.244. The maximum absolute atomic E-state index is 11.7. The van der Waals surface area contributed by atoms with Gasteiger partial charge in [0.2, 0.25) is 0 Å². The van der Waals surface area contributed by atoms with Gasteiger partial charge in [0.25, 0.3) is 0 Å². The molecule has 2 N–H and O–H groups in total. The molecule has 0 aliphatic carbocycles. The van der Waals surface area contributed by atoms with Crippen LogP contribution in [0.4, 0.5) is 10.5 Å². The van der Waals surface area contributed by atoms with Crippen LogP contribution in [0.1, 0.15) is 11.1 Å². The Labute approximate surface area is 139 Å². The topological polar surface area (TPSA) is 50.4 Å². The number of hydrogen-bond donors (Lipinski definition) is 2. The zero-order chi connectivity index (χ0) is 15.9. The fourth-order valence-corrected chi connectivity index (χ4v) is 2.11. The number of urea groups is 1. The van der Waals surface area contributed by atoms with Gasteiger partial charge in [-0.3, -0.25) is 0 Å². The maximum atomic E-state index is 11.7. The number of carbonyl (C=O) groups is 1. The van der Waals surface area contributed by atoms with Crippen LogP contribution < -0.4 is 15.4 Å². The van der Waals surface area contributed by atoms with Crippen molar-refractivity contribution in [2.45, 2.75) is 13.8 Å². The normalized spacial score (nSPS) is 10.1. The fourth-order valence-electron chi connectivity index (χ4n) is 1.85. The van der Waals surface area contributed by atoms with E-state index in [1.54, 1.807) is 0 Å². The van der Waals surface area contributed by atoms with E-state index in [0.29, 0.717) is 13.2 Å². The van der Waals surface area contributed by atoms with Gasteiger partial charge in [-0.25, -0.2) is 4.79 Å². The van der Waals surface area contributed by atoms with Crippen LogP contribution in [0.5, 0.6) is 5.75 Å². The van der Waals surface area contributed by atoms with Crippen molar-refractivity contribution >= 4 is 27.6 Å². The number of nitrogens with one attached hydrogen (secondary N) is 2. The van der Waals surface area contributed by atoms with Crippen LogP contribution >= 0.6 is 15.9 Å². The lowest BCUT2D eigenvalue weighted by molar-refractivity contribution is 0.247. The second-order valence-electron chi connectivity index (χ2n) is 4.98. The SMILES string of the molecule is Cc1ccc(OCCNC(=O)Nc2ccc(Br)cc2)cc1C. The molecule has 0 aromatic heterocycles. The zero-order valence-corrected chi connectivity index (χ0v) is 14.2. The van der Waals surface area contributed by atoms with Crippen molar-refractivity contribution < 1.29 is 9.53 Å². The molecule has 2 amide bonds. The monoisotopic (exact) mass is 362 g/mol. The first-order valence-electron chi connectivity index (χ1n) is 7.05. The van der Waals surface area contributed by atoms with Gasteiger partial charge in [-0.2, -0.15) is 0 Å². The van der Waals surface area contributed by atoms with Crippen LogP contribution in [0.15, 0.2) is 46.9 Å². The largest absolute Gasteiger partial charge is 0.492 e. The lowest BCUT2D eigenvalue weighted by Crippen LogP contribution is -2.32. The third-order valence-corrected chi connectivity index (χ3v) is 3.77. The number of carbonyl (C=O) groups excluding carboxylic acids is 1. The zero-order valence-electron chi connectivity index (χ0n) is 12.7. The van der Waals surface area contributed by atoms with Crippen LogP contribution in [-0.4, -0.2) is 19.2 Å². The second kappa shape index (κ2) is 7.84. The molecule has 0 radical (unpaired) electrons. The van der Waals surface area contributed by atoms with Gasteiger partial charge in [0, 0.05) is 10.2 Å². The molecule has 0 saturated carbocycles. The van der Waals surface area contributed by atoms with Crippen LogP contribution in [0.3, 0.4) is 0 Å². The summed E-state index contributed by atoms with van der Waals surface area (Å²) in [6.45, 7) is 4.98. The standard InChI is InChI=1S/C17H19BrN2O2/c1-12-3-8-16(11-13(12)2)22-10-9-19-17(21)20-15-6-4-14(18)5-7-15/h3-8,11H,9-10H2,1-2H3,(H2,19,20,21). The first kappa shape index (κ1) is 16.4. The van der Waals surface area contributed by atoms with Crippen molar-refractivity contribution in [2.24, 2.45) is 0 Å². The van der Waals surface area contributed by atoms with E-state index in [-0.39, 0.29) is 6.03 Å². The molecule has 0 heterocycles. The average Bonchev–Trinajstić information content (AvgIpc) is 2.49. The molecular formula is C17H19BrN2O2. The van der Waals surface area contributed by atoms with Crippen molar-refractivity contribution in [3.05, 3.63) is 58.1 Å². The maximum Gasteiger partial charge on any atom is 0.319 e. The minimum Gasteiger partial charge on any atom is -0.492 e. The second-order valence-corrected chi connectivity index (χ2v) is 5.90. The highest BCUT2D eigenvalue weighted by molar-refractivity contribution is 9.10. The lowest BCUT2D eigenvalue weighted by atomic mass is 10.1. The molecule has 4 nitrogen and oxygen atoms in total. The number of halogens is 1. The predicted octanol–water partition coefficient (Wildman–Crippen LogP) is 4.27. The number of hydrogen-bond acceptors (Lipinski definition) is 2. The third kappa shape index (κ3) is 5.07. The minimum absolute atomic E-state index is 0.244. The summed E-state index contributed by atoms with van der Waals surface area (Å²) < 4.78 is 6.58. The van der Waals surface area contributed by atoms with E-state index in [9.17, 15) is 4.79 Å². The highest BCUT2D eigenvalue weighted by Crippen LogP contribution is 2.16. The first-order valence-corrected chi connectivity index (χ1v) is 7.84. The Balaban J connectivity index is 1.70. The van der Waals surface area contributed by atoms with E-state index < -0.39 is 0 Å². The molecule has 0 spiro atoms. The molecule has 2 aromatic carbocycles. The molecule has 2 rings (SSSR count). The Bertz CT molecular complexity index is 642. The number of anilines is 1. The number of benzene rings is 2. The fraction of sp³-hybridized carbons (Fsp3) is 0.235. The molecule has 0 unspecified atom stereocenters. The summed E-state index contributed by atoms with van der Waals surface area (Å²) in [6, 6.07) is 13.1.